The molecule has 0 saturated carbocycles. The second-order valence-electron chi connectivity index (χ2n) is 11.4. The lowest BCUT2D eigenvalue weighted by molar-refractivity contribution is 0.664. The highest BCUT2D eigenvalue weighted by Crippen LogP contribution is 2.39. The Kier molecular flexibility index (Phi) is 5.30. The first kappa shape index (κ1) is 24.0. The SMILES string of the molecule is c1ccc(-n2c3ccccc3c3cc(-c4cccc(Cc5cc6ccccc6c6c5oc5ccccc56)c4)ccc32)cc1. The van der Waals surface area contributed by atoms with E-state index in [2.05, 4.69) is 150 Å². The average molecular weight is 550 g/mol. The minimum atomic E-state index is 0.796. The van der Waals surface area contributed by atoms with Gasteiger partial charge in [0.2, 0.25) is 0 Å². The molecule has 2 heteroatoms. The number of hydrogen-bond acceptors (Lipinski definition) is 1. The van der Waals surface area contributed by atoms with Gasteiger partial charge in [-0.1, -0.05) is 109 Å². The maximum absolute atomic E-state index is 6.50. The van der Waals surface area contributed by atoms with Crippen molar-refractivity contribution in [3.05, 3.63) is 163 Å². The minimum Gasteiger partial charge on any atom is -0.456 e. The summed E-state index contributed by atoms with van der Waals surface area (Å²) in [5, 5.41) is 7.40. The van der Waals surface area contributed by atoms with Gasteiger partial charge in [0, 0.05) is 39.2 Å². The predicted molar refractivity (Wildman–Crippen MR) is 180 cm³/mol. The molecule has 2 aromatic heterocycles. The fourth-order valence-corrected chi connectivity index (χ4v) is 6.86. The fraction of sp³-hybridized carbons (Fsp3) is 0.0244. The lowest BCUT2D eigenvalue weighted by Gasteiger charge is -2.10. The molecule has 0 atom stereocenters. The van der Waals surface area contributed by atoms with E-state index in [1.54, 1.807) is 0 Å². The molecule has 0 spiro atoms. The lowest BCUT2D eigenvalue weighted by atomic mass is 9.95. The van der Waals surface area contributed by atoms with Crippen LogP contribution in [0.25, 0.3) is 71.3 Å². The maximum atomic E-state index is 6.50. The smallest absolute Gasteiger partial charge is 0.139 e. The van der Waals surface area contributed by atoms with Gasteiger partial charge < -0.3 is 8.98 Å². The van der Waals surface area contributed by atoms with E-state index in [1.165, 1.54) is 71.3 Å². The van der Waals surface area contributed by atoms with Crippen molar-refractivity contribution in [3.8, 4) is 16.8 Å². The van der Waals surface area contributed by atoms with Crippen LogP contribution >= 0.6 is 0 Å². The van der Waals surface area contributed by atoms with E-state index in [0.29, 0.717) is 0 Å². The van der Waals surface area contributed by atoms with Gasteiger partial charge in [-0.15, -0.1) is 0 Å². The largest absolute Gasteiger partial charge is 0.456 e. The third kappa shape index (κ3) is 3.80. The van der Waals surface area contributed by atoms with Gasteiger partial charge >= 0.3 is 0 Å². The molecule has 202 valence electrons. The Morgan fingerprint density at radius 2 is 1.21 bits per heavy atom. The normalized spacial score (nSPS) is 11.8. The molecule has 2 nitrogen and oxygen atoms in total. The van der Waals surface area contributed by atoms with E-state index in [0.717, 1.165) is 17.6 Å². The zero-order valence-corrected chi connectivity index (χ0v) is 23.5. The summed E-state index contributed by atoms with van der Waals surface area (Å²) < 4.78 is 8.87. The van der Waals surface area contributed by atoms with Crippen molar-refractivity contribution in [1.29, 1.82) is 0 Å². The highest BCUT2D eigenvalue weighted by Gasteiger charge is 2.16. The topological polar surface area (TPSA) is 18.1 Å². The molecule has 43 heavy (non-hydrogen) atoms. The third-order valence-corrected chi connectivity index (χ3v) is 8.79. The highest BCUT2D eigenvalue weighted by atomic mass is 16.3. The van der Waals surface area contributed by atoms with Crippen molar-refractivity contribution in [2.75, 3.05) is 0 Å². The first-order valence-electron chi connectivity index (χ1n) is 14.8. The second-order valence-corrected chi connectivity index (χ2v) is 11.4. The fourth-order valence-electron chi connectivity index (χ4n) is 6.86. The van der Waals surface area contributed by atoms with Crippen LogP contribution in [0.15, 0.2) is 156 Å². The number of benzene rings is 7. The molecule has 2 heterocycles. The maximum Gasteiger partial charge on any atom is 0.139 e. The third-order valence-electron chi connectivity index (χ3n) is 8.79. The van der Waals surface area contributed by atoms with Crippen molar-refractivity contribution >= 4 is 54.5 Å². The number of para-hydroxylation sites is 3. The van der Waals surface area contributed by atoms with Crippen molar-refractivity contribution in [2.24, 2.45) is 0 Å². The van der Waals surface area contributed by atoms with Crippen molar-refractivity contribution in [1.82, 2.24) is 4.57 Å². The first-order valence-corrected chi connectivity index (χ1v) is 14.8. The van der Waals surface area contributed by atoms with Gasteiger partial charge in [-0.05, 0) is 69.9 Å². The molecule has 0 aliphatic carbocycles. The van der Waals surface area contributed by atoms with Crippen molar-refractivity contribution in [3.63, 3.8) is 0 Å². The molecule has 0 aliphatic rings. The molecule has 9 aromatic rings. The molecule has 0 fully saturated rings. The van der Waals surface area contributed by atoms with E-state index in [-0.39, 0.29) is 0 Å². The Morgan fingerprint density at radius 3 is 2.12 bits per heavy atom. The number of aromatic nitrogens is 1. The van der Waals surface area contributed by atoms with E-state index in [1.807, 2.05) is 6.07 Å². The van der Waals surface area contributed by atoms with Gasteiger partial charge in [-0.3, -0.25) is 0 Å². The Labute approximate surface area is 249 Å². The summed E-state index contributed by atoms with van der Waals surface area (Å²) in [6, 6.07) is 54.5. The zero-order chi connectivity index (χ0) is 28.3. The van der Waals surface area contributed by atoms with E-state index < -0.39 is 0 Å². The van der Waals surface area contributed by atoms with Gasteiger partial charge in [0.1, 0.15) is 11.2 Å². The summed E-state index contributed by atoms with van der Waals surface area (Å²) in [4.78, 5) is 0. The van der Waals surface area contributed by atoms with Crippen LogP contribution < -0.4 is 0 Å². The van der Waals surface area contributed by atoms with E-state index in [9.17, 15) is 0 Å². The summed E-state index contributed by atoms with van der Waals surface area (Å²) in [6.45, 7) is 0. The number of fused-ring (bicyclic) bond motifs is 8. The van der Waals surface area contributed by atoms with Crippen LogP contribution in [0.1, 0.15) is 11.1 Å². The van der Waals surface area contributed by atoms with Crippen LogP contribution in [0.3, 0.4) is 0 Å². The van der Waals surface area contributed by atoms with Crippen LogP contribution in [0.5, 0.6) is 0 Å². The predicted octanol–water partition coefficient (Wildman–Crippen LogP) is 11.1. The molecule has 0 amide bonds. The number of rotatable bonds is 4. The molecular weight excluding hydrogens is 522 g/mol. The standard InChI is InChI=1S/C41H27NO/c1-2-14-32(15-3-1)42-37-19-8-6-17-34(37)36-26-29(21-22-38(36)42)28-13-10-11-27(23-28)24-31-25-30-12-4-5-16-33(30)40-35-18-7-9-20-39(35)43-41(31)40/h1-23,25-26H,24H2. The summed E-state index contributed by atoms with van der Waals surface area (Å²) >= 11 is 0. The van der Waals surface area contributed by atoms with Crippen LogP contribution in [0.4, 0.5) is 0 Å². The molecule has 7 aromatic carbocycles. The molecule has 9 rings (SSSR count). The summed E-state index contributed by atoms with van der Waals surface area (Å²) in [5.41, 5.74) is 10.5. The molecule has 0 saturated heterocycles. The van der Waals surface area contributed by atoms with Gasteiger partial charge in [0.05, 0.1) is 11.0 Å². The second kappa shape index (κ2) is 9.47. The summed E-state index contributed by atoms with van der Waals surface area (Å²) in [6.07, 6.45) is 0.796. The lowest BCUT2D eigenvalue weighted by Crippen LogP contribution is -1.93. The van der Waals surface area contributed by atoms with Crippen LogP contribution in [-0.4, -0.2) is 4.57 Å². The molecule has 0 aliphatic heterocycles. The summed E-state index contributed by atoms with van der Waals surface area (Å²) in [5.74, 6) is 0. The Hall–Kier alpha value is -5.60. The first-order chi connectivity index (χ1) is 21.3. The Bertz CT molecular complexity index is 2480. The van der Waals surface area contributed by atoms with E-state index in [4.69, 9.17) is 4.42 Å². The minimum absolute atomic E-state index is 0.796. The Morgan fingerprint density at radius 1 is 0.488 bits per heavy atom. The van der Waals surface area contributed by atoms with Gasteiger partial charge in [0.15, 0.2) is 0 Å². The molecule has 0 radical (unpaired) electrons. The Balaban J connectivity index is 1.17. The summed E-state index contributed by atoms with van der Waals surface area (Å²) in [7, 11) is 0. The van der Waals surface area contributed by atoms with Crippen molar-refractivity contribution in [2.45, 2.75) is 6.42 Å². The van der Waals surface area contributed by atoms with Crippen LogP contribution in [-0.2, 0) is 6.42 Å². The van der Waals surface area contributed by atoms with E-state index >= 15 is 0 Å². The van der Waals surface area contributed by atoms with Gasteiger partial charge in [-0.2, -0.15) is 0 Å². The number of hydrogen-bond donors (Lipinski definition) is 0. The monoisotopic (exact) mass is 549 g/mol. The van der Waals surface area contributed by atoms with Gasteiger partial charge in [0.25, 0.3) is 0 Å². The average Bonchev–Trinajstić information content (AvgIpc) is 3.62. The van der Waals surface area contributed by atoms with Gasteiger partial charge in [-0.25, -0.2) is 0 Å². The van der Waals surface area contributed by atoms with Crippen LogP contribution in [0.2, 0.25) is 0 Å². The molecular formula is C41H27NO. The van der Waals surface area contributed by atoms with Crippen LogP contribution in [0, 0.1) is 0 Å². The number of nitrogens with zero attached hydrogens (tertiary/aromatic N) is 1. The van der Waals surface area contributed by atoms with Crippen molar-refractivity contribution < 1.29 is 4.42 Å². The highest BCUT2D eigenvalue weighted by molar-refractivity contribution is 6.19. The molecule has 0 N–H and O–H groups in total. The molecule has 0 unspecified atom stereocenters. The zero-order valence-electron chi connectivity index (χ0n) is 23.5. The number of furan rings is 1. The molecule has 0 bridgehead atoms. The quantitative estimate of drug-likeness (QED) is 0.213.